The van der Waals surface area contributed by atoms with Crippen LogP contribution in [0.5, 0.6) is 5.88 Å². The largest absolute Gasteiger partial charge is 0.472 e. The van der Waals surface area contributed by atoms with Gasteiger partial charge in [-0.1, -0.05) is 0 Å². The van der Waals surface area contributed by atoms with Gasteiger partial charge in [-0.05, 0) is 37.1 Å². The highest BCUT2D eigenvalue weighted by molar-refractivity contribution is 7.89. The zero-order chi connectivity index (χ0) is 17.0. The molecule has 1 fully saturated rings. The molecule has 2 heterocycles. The highest BCUT2D eigenvalue weighted by Crippen LogP contribution is 2.23. The van der Waals surface area contributed by atoms with Crippen molar-refractivity contribution in [3.05, 3.63) is 48.4 Å². The van der Waals surface area contributed by atoms with Crippen molar-refractivity contribution in [1.29, 1.82) is 5.26 Å². The Morgan fingerprint density at radius 1 is 1.25 bits per heavy atom. The van der Waals surface area contributed by atoms with E-state index in [1.54, 1.807) is 6.20 Å². The first kappa shape index (κ1) is 16.4. The average molecular weight is 344 g/mol. The van der Waals surface area contributed by atoms with E-state index in [2.05, 4.69) is 9.97 Å². The van der Waals surface area contributed by atoms with Crippen LogP contribution in [-0.2, 0) is 10.0 Å². The molecule has 0 unspecified atom stereocenters. The second-order valence-corrected chi connectivity index (χ2v) is 7.36. The zero-order valence-corrected chi connectivity index (χ0v) is 13.7. The standard InChI is InChI=1S/C16H16N4O3S/c17-10-13-3-5-15(6-4-13)24(21,22)20-9-1-2-14(12-20)23-16-11-18-7-8-19-16/h3-8,11,14H,1-2,9,12H2/t14-/m1/s1. The van der Waals surface area contributed by atoms with Crippen molar-refractivity contribution in [2.24, 2.45) is 0 Å². The smallest absolute Gasteiger partial charge is 0.243 e. The molecular formula is C16H16N4O3S. The highest BCUT2D eigenvalue weighted by Gasteiger charge is 2.31. The van der Waals surface area contributed by atoms with Gasteiger partial charge in [0.25, 0.3) is 0 Å². The molecule has 0 bridgehead atoms. The quantitative estimate of drug-likeness (QED) is 0.835. The molecule has 0 saturated carbocycles. The summed E-state index contributed by atoms with van der Waals surface area (Å²) in [5.41, 5.74) is 0.427. The summed E-state index contributed by atoms with van der Waals surface area (Å²) in [4.78, 5) is 8.17. The molecule has 8 heteroatoms. The van der Waals surface area contributed by atoms with Crippen molar-refractivity contribution in [1.82, 2.24) is 14.3 Å². The molecule has 1 aromatic carbocycles. The Labute approximate surface area is 140 Å². The van der Waals surface area contributed by atoms with E-state index in [0.717, 1.165) is 6.42 Å². The van der Waals surface area contributed by atoms with Crippen LogP contribution >= 0.6 is 0 Å². The number of aromatic nitrogens is 2. The molecule has 2 aromatic rings. The third kappa shape index (κ3) is 3.53. The minimum atomic E-state index is -3.60. The molecule has 0 N–H and O–H groups in total. The lowest BCUT2D eigenvalue weighted by Gasteiger charge is -2.31. The number of piperidine rings is 1. The van der Waals surface area contributed by atoms with E-state index in [1.165, 1.54) is 41.0 Å². The second kappa shape index (κ2) is 6.95. The molecule has 0 spiro atoms. The van der Waals surface area contributed by atoms with Gasteiger partial charge in [-0.25, -0.2) is 13.4 Å². The molecule has 1 aliphatic rings. The highest BCUT2D eigenvalue weighted by atomic mass is 32.2. The average Bonchev–Trinajstić information content (AvgIpc) is 2.63. The molecule has 0 aliphatic carbocycles. The lowest BCUT2D eigenvalue weighted by molar-refractivity contribution is 0.124. The van der Waals surface area contributed by atoms with Crippen molar-refractivity contribution >= 4 is 10.0 Å². The molecule has 124 valence electrons. The summed E-state index contributed by atoms with van der Waals surface area (Å²) in [7, 11) is -3.60. The van der Waals surface area contributed by atoms with Crippen LogP contribution in [0.25, 0.3) is 0 Å². The number of benzene rings is 1. The van der Waals surface area contributed by atoms with Crippen LogP contribution in [0.1, 0.15) is 18.4 Å². The number of sulfonamides is 1. The van der Waals surface area contributed by atoms with Crippen LogP contribution in [0.2, 0.25) is 0 Å². The molecular weight excluding hydrogens is 328 g/mol. The number of ether oxygens (including phenoxy) is 1. The summed E-state index contributed by atoms with van der Waals surface area (Å²) >= 11 is 0. The summed E-state index contributed by atoms with van der Waals surface area (Å²) in [6, 6.07) is 7.91. The van der Waals surface area contributed by atoms with Crippen LogP contribution < -0.4 is 4.74 Å². The third-order valence-corrected chi connectivity index (χ3v) is 5.67. The van der Waals surface area contributed by atoms with E-state index in [-0.39, 0.29) is 17.5 Å². The van der Waals surface area contributed by atoms with Gasteiger partial charge in [-0.15, -0.1) is 0 Å². The Morgan fingerprint density at radius 2 is 2.04 bits per heavy atom. The minimum Gasteiger partial charge on any atom is -0.472 e. The molecule has 1 aromatic heterocycles. The second-order valence-electron chi connectivity index (χ2n) is 5.42. The van der Waals surface area contributed by atoms with Gasteiger partial charge in [0.1, 0.15) is 6.10 Å². The zero-order valence-electron chi connectivity index (χ0n) is 12.9. The summed E-state index contributed by atoms with van der Waals surface area (Å²) in [6.07, 6.45) is 5.80. The lowest BCUT2D eigenvalue weighted by atomic mass is 10.1. The summed E-state index contributed by atoms with van der Waals surface area (Å²) < 4.78 is 32.6. The van der Waals surface area contributed by atoms with Gasteiger partial charge in [-0.2, -0.15) is 9.57 Å². The maximum atomic E-state index is 12.7. The van der Waals surface area contributed by atoms with Crippen molar-refractivity contribution in [3.8, 4) is 11.9 Å². The van der Waals surface area contributed by atoms with Crippen LogP contribution in [0.4, 0.5) is 0 Å². The van der Waals surface area contributed by atoms with E-state index < -0.39 is 10.0 Å². The summed E-state index contributed by atoms with van der Waals surface area (Å²) in [5.74, 6) is 0.389. The van der Waals surface area contributed by atoms with E-state index >= 15 is 0 Å². The molecule has 24 heavy (non-hydrogen) atoms. The predicted octanol–water partition coefficient (Wildman–Crippen LogP) is 1.58. The fourth-order valence-electron chi connectivity index (χ4n) is 2.59. The van der Waals surface area contributed by atoms with Gasteiger partial charge >= 0.3 is 0 Å². The fraction of sp³-hybridized carbons (Fsp3) is 0.312. The van der Waals surface area contributed by atoms with Gasteiger partial charge in [0.05, 0.1) is 29.3 Å². The number of hydrogen-bond acceptors (Lipinski definition) is 6. The fourth-order valence-corrected chi connectivity index (χ4v) is 4.10. The maximum Gasteiger partial charge on any atom is 0.243 e. The van der Waals surface area contributed by atoms with Gasteiger partial charge in [0, 0.05) is 18.9 Å². The Bertz CT molecular complexity index is 832. The van der Waals surface area contributed by atoms with Gasteiger partial charge in [0.15, 0.2) is 0 Å². The number of hydrogen-bond donors (Lipinski definition) is 0. The van der Waals surface area contributed by atoms with Crippen LogP contribution in [0, 0.1) is 11.3 Å². The minimum absolute atomic E-state index is 0.182. The van der Waals surface area contributed by atoms with Crippen molar-refractivity contribution in [2.45, 2.75) is 23.8 Å². The Morgan fingerprint density at radius 3 is 2.71 bits per heavy atom. The first-order chi connectivity index (χ1) is 11.6. The van der Waals surface area contributed by atoms with E-state index in [9.17, 15) is 8.42 Å². The first-order valence-electron chi connectivity index (χ1n) is 7.52. The molecule has 1 atom stereocenters. The van der Waals surface area contributed by atoms with Gasteiger partial charge in [0.2, 0.25) is 15.9 Å². The normalized spacial score (nSPS) is 18.7. The van der Waals surface area contributed by atoms with E-state index in [4.69, 9.17) is 10.00 Å². The molecule has 1 aliphatic heterocycles. The van der Waals surface area contributed by atoms with Crippen molar-refractivity contribution in [3.63, 3.8) is 0 Å². The number of nitriles is 1. The molecule has 1 saturated heterocycles. The molecule has 0 radical (unpaired) electrons. The van der Waals surface area contributed by atoms with Crippen LogP contribution in [-0.4, -0.2) is 41.9 Å². The van der Waals surface area contributed by atoms with E-state index in [1.807, 2.05) is 6.07 Å². The Balaban J connectivity index is 1.74. The molecule has 3 rings (SSSR count). The first-order valence-corrected chi connectivity index (χ1v) is 8.96. The number of rotatable bonds is 4. The van der Waals surface area contributed by atoms with E-state index in [0.29, 0.717) is 24.4 Å². The summed E-state index contributed by atoms with van der Waals surface area (Å²) in [5, 5.41) is 8.82. The Kier molecular flexibility index (Phi) is 4.74. The molecule has 0 amide bonds. The van der Waals surface area contributed by atoms with Gasteiger partial charge in [-0.3, -0.25) is 4.98 Å². The topological polar surface area (TPSA) is 96.2 Å². The Hall–Kier alpha value is -2.50. The molecule has 7 nitrogen and oxygen atoms in total. The van der Waals surface area contributed by atoms with Crippen molar-refractivity contribution in [2.75, 3.05) is 13.1 Å². The monoisotopic (exact) mass is 344 g/mol. The lowest BCUT2D eigenvalue weighted by Crippen LogP contribution is -2.44. The van der Waals surface area contributed by atoms with Crippen LogP contribution in [0.3, 0.4) is 0 Å². The van der Waals surface area contributed by atoms with Gasteiger partial charge < -0.3 is 4.74 Å². The SMILES string of the molecule is N#Cc1ccc(S(=O)(=O)N2CCC[C@@H](Oc3cnccn3)C2)cc1. The predicted molar refractivity (Wildman–Crippen MR) is 85.6 cm³/mol. The van der Waals surface area contributed by atoms with Crippen molar-refractivity contribution < 1.29 is 13.2 Å². The maximum absolute atomic E-state index is 12.7. The van der Waals surface area contributed by atoms with Crippen LogP contribution in [0.15, 0.2) is 47.8 Å². The summed E-state index contributed by atoms with van der Waals surface area (Å²) in [6.45, 7) is 0.710. The third-order valence-electron chi connectivity index (χ3n) is 3.79. The number of nitrogens with zero attached hydrogens (tertiary/aromatic N) is 4.